The highest BCUT2D eigenvalue weighted by molar-refractivity contribution is 5.80. The van der Waals surface area contributed by atoms with Crippen LogP contribution in [-0.4, -0.2) is 43.1 Å². The van der Waals surface area contributed by atoms with Crippen LogP contribution in [0.15, 0.2) is 6.07 Å². The van der Waals surface area contributed by atoms with Crippen molar-refractivity contribution < 1.29 is 4.79 Å². The maximum atomic E-state index is 11.5. The van der Waals surface area contributed by atoms with E-state index in [1.807, 2.05) is 38.9 Å². The van der Waals surface area contributed by atoms with Crippen molar-refractivity contribution in [1.29, 1.82) is 0 Å². The largest absolute Gasteiger partial charge is 0.373 e. The molecular formula is C12H21N5O. The Morgan fingerprint density at radius 3 is 2.67 bits per heavy atom. The molecule has 18 heavy (non-hydrogen) atoms. The van der Waals surface area contributed by atoms with Gasteiger partial charge >= 0.3 is 0 Å². The van der Waals surface area contributed by atoms with Crippen LogP contribution in [0.25, 0.3) is 0 Å². The smallest absolute Gasteiger partial charge is 0.239 e. The van der Waals surface area contributed by atoms with Gasteiger partial charge < -0.3 is 15.5 Å². The predicted octanol–water partition coefficient (Wildman–Crippen LogP) is 0.653. The number of anilines is 2. The van der Waals surface area contributed by atoms with E-state index in [-0.39, 0.29) is 12.5 Å². The van der Waals surface area contributed by atoms with Crippen LogP contribution in [0.4, 0.5) is 11.6 Å². The van der Waals surface area contributed by atoms with Crippen molar-refractivity contribution >= 4 is 17.5 Å². The maximum absolute atomic E-state index is 11.5. The highest BCUT2D eigenvalue weighted by atomic mass is 16.2. The zero-order valence-electron chi connectivity index (χ0n) is 11.4. The first-order valence-corrected chi connectivity index (χ1v) is 6.14. The number of carbonyl (C=O) groups is 1. The standard InChI is InChI=1S/C12H21N5O/c1-5-9-15-10(13-3)7-11(16-9)17(4)8-12(18)14-6-2/h7H,5-6,8H2,1-4H3,(H,14,18)(H,13,15,16). The van der Waals surface area contributed by atoms with E-state index >= 15 is 0 Å². The third kappa shape index (κ3) is 3.87. The topological polar surface area (TPSA) is 70.2 Å². The lowest BCUT2D eigenvalue weighted by atomic mass is 10.4. The SMILES string of the molecule is CCNC(=O)CN(C)c1cc(NC)nc(CC)n1. The number of nitrogens with one attached hydrogen (secondary N) is 2. The number of aryl methyl sites for hydroxylation is 1. The molecule has 0 saturated carbocycles. The van der Waals surface area contributed by atoms with E-state index in [0.717, 1.165) is 23.9 Å². The minimum Gasteiger partial charge on any atom is -0.373 e. The summed E-state index contributed by atoms with van der Waals surface area (Å²) in [6.07, 6.45) is 0.761. The van der Waals surface area contributed by atoms with Gasteiger partial charge in [-0.1, -0.05) is 6.92 Å². The number of hydrogen-bond acceptors (Lipinski definition) is 5. The van der Waals surface area contributed by atoms with Gasteiger partial charge in [0.25, 0.3) is 0 Å². The fraction of sp³-hybridized carbons (Fsp3) is 0.583. The van der Waals surface area contributed by atoms with Gasteiger partial charge in [0, 0.05) is 33.1 Å². The summed E-state index contributed by atoms with van der Waals surface area (Å²) in [7, 11) is 3.66. The van der Waals surface area contributed by atoms with Gasteiger partial charge in [-0.25, -0.2) is 9.97 Å². The molecule has 6 nitrogen and oxygen atoms in total. The first-order chi connectivity index (χ1) is 8.60. The summed E-state index contributed by atoms with van der Waals surface area (Å²) in [5.41, 5.74) is 0. The van der Waals surface area contributed by atoms with Gasteiger partial charge in [-0.3, -0.25) is 4.79 Å². The Labute approximate surface area is 108 Å². The lowest BCUT2D eigenvalue weighted by Gasteiger charge is -2.18. The van der Waals surface area contributed by atoms with E-state index in [4.69, 9.17) is 0 Å². The van der Waals surface area contributed by atoms with Gasteiger partial charge in [-0.05, 0) is 6.92 Å². The third-order valence-corrected chi connectivity index (χ3v) is 2.48. The summed E-state index contributed by atoms with van der Waals surface area (Å²) in [5.74, 6) is 2.26. The molecule has 0 aliphatic carbocycles. The first-order valence-electron chi connectivity index (χ1n) is 6.14. The molecule has 0 aliphatic rings. The van der Waals surface area contributed by atoms with Gasteiger partial charge in [-0.15, -0.1) is 0 Å². The fourth-order valence-corrected chi connectivity index (χ4v) is 1.51. The molecular weight excluding hydrogens is 230 g/mol. The predicted molar refractivity (Wildman–Crippen MR) is 72.9 cm³/mol. The summed E-state index contributed by atoms with van der Waals surface area (Å²) < 4.78 is 0. The number of likely N-dealkylation sites (N-methyl/N-ethyl adjacent to an activating group) is 2. The molecule has 2 N–H and O–H groups in total. The molecule has 0 bridgehead atoms. The molecule has 0 saturated heterocycles. The molecule has 0 aromatic carbocycles. The summed E-state index contributed by atoms with van der Waals surface area (Å²) in [5, 5.41) is 5.76. The van der Waals surface area contributed by atoms with Crippen molar-refractivity contribution in [3.8, 4) is 0 Å². The molecule has 0 unspecified atom stereocenters. The van der Waals surface area contributed by atoms with Crippen LogP contribution < -0.4 is 15.5 Å². The Hall–Kier alpha value is -1.85. The second kappa shape index (κ2) is 6.78. The van der Waals surface area contributed by atoms with Crippen molar-refractivity contribution in [2.45, 2.75) is 20.3 Å². The Morgan fingerprint density at radius 1 is 1.39 bits per heavy atom. The molecule has 0 radical (unpaired) electrons. The van der Waals surface area contributed by atoms with Gasteiger partial charge in [0.2, 0.25) is 5.91 Å². The van der Waals surface area contributed by atoms with Crippen molar-refractivity contribution in [3.63, 3.8) is 0 Å². The van der Waals surface area contributed by atoms with Crippen LogP contribution in [-0.2, 0) is 11.2 Å². The van der Waals surface area contributed by atoms with E-state index in [2.05, 4.69) is 20.6 Å². The van der Waals surface area contributed by atoms with E-state index in [1.165, 1.54) is 0 Å². The number of aromatic nitrogens is 2. The minimum atomic E-state index is -0.0114. The third-order valence-electron chi connectivity index (χ3n) is 2.48. The van der Waals surface area contributed by atoms with Crippen LogP contribution in [0.3, 0.4) is 0 Å². The number of rotatable bonds is 6. The quantitative estimate of drug-likeness (QED) is 0.777. The van der Waals surface area contributed by atoms with Gasteiger partial charge in [-0.2, -0.15) is 0 Å². The highest BCUT2D eigenvalue weighted by Crippen LogP contribution is 2.14. The summed E-state index contributed by atoms with van der Waals surface area (Å²) in [4.78, 5) is 22.1. The second-order valence-electron chi connectivity index (χ2n) is 3.94. The van der Waals surface area contributed by atoms with Crippen molar-refractivity contribution in [2.75, 3.05) is 37.4 Å². The van der Waals surface area contributed by atoms with E-state index in [9.17, 15) is 4.79 Å². The van der Waals surface area contributed by atoms with E-state index < -0.39 is 0 Å². The molecule has 6 heteroatoms. The zero-order valence-corrected chi connectivity index (χ0v) is 11.4. The summed E-state index contributed by atoms with van der Waals surface area (Å²) in [6.45, 7) is 4.83. The van der Waals surface area contributed by atoms with Crippen LogP contribution in [0, 0.1) is 0 Å². The van der Waals surface area contributed by atoms with Crippen LogP contribution in [0.5, 0.6) is 0 Å². The Kier molecular flexibility index (Phi) is 5.35. The molecule has 100 valence electrons. The average molecular weight is 251 g/mol. The Bertz CT molecular complexity index is 385. The van der Waals surface area contributed by atoms with Crippen LogP contribution in [0.2, 0.25) is 0 Å². The number of amides is 1. The van der Waals surface area contributed by atoms with E-state index in [1.54, 1.807) is 0 Å². The number of carbonyl (C=O) groups excluding carboxylic acids is 1. The summed E-state index contributed by atoms with van der Waals surface area (Å²) >= 11 is 0. The second-order valence-corrected chi connectivity index (χ2v) is 3.94. The molecule has 1 aromatic rings. The molecule has 0 fully saturated rings. The number of hydrogen-bond donors (Lipinski definition) is 2. The van der Waals surface area contributed by atoms with Crippen LogP contribution in [0.1, 0.15) is 19.7 Å². The van der Waals surface area contributed by atoms with Crippen molar-refractivity contribution in [1.82, 2.24) is 15.3 Å². The van der Waals surface area contributed by atoms with Gasteiger partial charge in [0.15, 0.2) is 0 Å². The van der Waals surface area contributed by atoms with Gasteiger partial charge in [0.1, 0.15) is 17.5 Å². The number of nitrogens with zero attached hydrogens (tertiary/aromatic N) is 3. The fourth-order valence-electron chi connectivity index (χ4n) is 1.51. The summed E-state index contributed by atoms with van der Waals surface area (Å²) in [6, 6.07) is 1.83. The lowest BCUT2D eigenvalue weighted by Crippen LogP contribution is -2.35. The molecule has 1 aromatic heterocycles. The molecule has 0 aliphatic heterocycles. The average Bonchev–Trinajstić information content (AvgIpc) is 2.38. The monoisotopic (exact) mass is 251 g/mol. The van der Waals surface area contributed by atoms with Crippen molar-refractivity contribution in [2.24, 2.45) is 0 Å². The van der Waals surface area contributed by atoms with Gasteiger partial charge in [0.05, 0.1) is 6.54 Å². The molecule has 1 heterocycles. The molecule has 0 atom stereocenters. The lowest BCUT2D eigenvalue weighted by molar-refractivity contribution is -0.119. The minimum absolute atomic E-state index is 0.0114. The molecule has 1 amide bonds. The maximum Gasteiger partial charge on any atom is 0.239 e. The Balaban J connectivity index is 2.83. The van der Waals surface area contributed by atoms with Crippen molar-refractivity contribution in [3.05, 3.63) is 11.9 Å². The molecule has 1 rings (SSSR count). The molecule has 0 spiro atoms. The Morgan fingerprint density at radius 2 is 2.11 bits per heavy atom. The van der Waals surface area contributed by atoms with E-state index in [0.29, 0.717) is 6.54 Å². The normalized spacial score (nSPS) is 10.0. The first kappa shape index (κ1) is 14.2. The highest BCUT2D eigenvalue weighted by Gasteiger charge is 2.10. The zero-order chi connectivity index (χ0) is 13.5. The van der Waals surface area contributed by atoms with Crippen LogP contribution >= 0.6 is 0 Å².